The van der Waals surface area contributed by atoms with Crippen LogP contribution in [0.2, 0.25) is 0 Å². The number of sulfonamides is 1. The minimum atomic E-state index is -3.74. The largest absolute Gasteiger partial charge is 0.497 e. The number of thiophene rings is 1. The molecule has 1 amide bonds. The maximum Gasteiger partial charge on any atom is 0.322 e. The number of hydrogen-bond donors (Lipinski definition) is 1. The van der Waals surface area contributed by atoms with Crippen LogP contribution in [0.5, 0.6) is 5.75 Å². The van der Waals surface area contributed by atoms with E-state index < -0.39 is 22.0 Å². The second-order valence-electron chi connectivity index (χ2n) is 6.69. The number of anilines is 1. The fourth-order valence-electron chi connectivity index (χ4n) is 3.29. The molecule has 0 saturated carbocycles. The first-order chi connectivity index (χ1) is 14.5. The fourth-order valence-corrected chi connectivity index (χ4v) is 6.07. The van der Waals surface area contributed by atoms with Crippen molar-refractivity contribution in [2.45, 2.75) is 29.5 Å². The van der Waals surface area contributed by atoms with Crippen molar-refractivity contribution in [3.8, 4) is 17.2 Å². The third-order valence-electron chi connectivity index (χ3n) is 4.81. The number of nitrogens with one attached hydrogen (secondary N) is 1. The first-order valence-corrected chi connectivity index (χ1v) is 11.6. The van der Waals surface area contributed by atoms with E-state index >= 15 is 0 Å². The quantitative estimate of drug-likeness (QED) is 0.616. The average Bonchev–Trinajstić information content (AvgIpc) is 3.47. The Labute approximate surface area is 177 Å². The van der Waals surface area contributed by atoms with Crippen LogP contribution in [-0.4, -0.2) is 48.5 Å². The predicted octanol–water partition coefficient (Wildman–Crippen LogP) is 2.99. The normalized spacial score (nSPS) is 17.6. The van der Waals surface area contributed by atoms with Gasteiger partial charge in [-0.15, -0.1) is 16.4 Å². The molecule has 1 unspecified atom stereocenters. The summed E-state index contributed by atoms with van der Waals surface area (Å²) in [6.07, 6.45) is 1.89. The molecule has 1 saturated heterocycles. The van der Waals surface area contributed by atoms with E-state index in [1.54, 1.807) is 48.9 Å². The molecule has 3 aromatic rings. The number of aromatic nitrogens is 2. The molecule has 3 heterocycles. The van der Waals surface area contributed by atoms with Crippen LogP contribution in [0.3, 0.4) is 0 Å². The van der Waals surface area contributed by atoms with Crippen LogP contribution < -0.4 is 10.1 Å². The molecule has 0 bridgehead atoms. The zero-order chi connectivity index (χ0) is 21.1. The van der Waals surface area contributed by atoms with Crippen molar-refractivity contribution in [3.63, 3.8) is 0 Å². The summed E-state index contributed by atoms with van der Waals surface area (Å²) in [5.74, 6) is 0.440. The van der Waals surface area contributed by atoms with Crippen molar-refractivity contribution in [3.05, 3.63) is 41.8 Å². The Balaban J connectivity index is 1.50. The molecule has 1 aliphatic heterocycles. The molecular weight excluding hydrogens is 428 g/mol. The van der Waals surface area contributed by atoms with E-state index in [4.69, 9.17) is 9.15 Å². The summed E-state index contributed by atoms with van der Waals surface area (Å²) in [5, 5.41) is 12.1. The summed E-state index contributed by atoms with van der Waals surface area (Å²) in [4.78, 5) is 12.9. The monoisotopic (exact) mass is 448 g/mol. The highest BCUT2D eigenvalue weighted by Crippen LogP contribution is 2.29. The lowest BCUT2D eigenvalue weighted by molar-refractivity contribution is -0.120. The summed E-state index contributed by atoms with van der Waals surface area (Å²) >= 11 is 1.13. The molecule has 30 heavy (non-hydrogen) atoms. The van der Waals surface area contributed by atoms with Gasteiger partial charge in [0.15, 0.2) is 0 Å². The molecule has 1 atom stereocenters. The number of rotatable bonds is 6. The van der Waals surface area contributed by atoms with Gasteiger partial charge in [-0.25, -0.2) is 8.42 Å². The SMILES string of the molecule is COc1ccc(-c2nnc(NC(=O)C3CCCCN3S(=O)(=O)c3cccs3)o2)cc1. The standard InChI is InChI=1S/C19H20N4O5S2/c1-27-14-9-7-13(8-10-14)18-21-22-19(28-18)20-17(24)15-5-2-3-11-23(15)30(25,26)16-6-4-12-29-16/h4,6-10,12,15H,2-3,5,11H2,1H3,(H,20,22,24). The van der Waals surface area contributed by atoms with Crippen LogP contribution in [0.1, 0.15) is 19.3 Å². The lowest BCUT2D eigenvalue weighted by Crippen LogP contribution is -2.49. The Bertz CT molecular complexity index is 1110. The summed E-state index contributed by atoms with van der Waals surface area (Å²) in [6.45, 7) is 0.291. The van der Waals surface area contributed by atoms with Gasteiger partial charge in [0, 0.05) is 12.1 Å². The maximum atomic E-state index is 13.0. The van der Waals surface area contributed by atoms with E-state index in [0.29, 0.717) is 30.7 Å². The highest BCUT2D eigenvalue weighted by atomic mass is 32.2. The zero-order valence-corrected chi connectivity index (χ0v) is 17.8. The van der Waals surface area contributed by atoms with Gasteiger partial charge in [0.25, 0.3) is 10.0 Å². The molecule has 4 rings (SSSR count). The molecule has 1 fully saturated rings. The number of piperidine rings is 1. The second kappa shape index (κ2) is 8.54. The number of amides is 1. The van der Waals surface area contributed by atoms with E-state index in [9.17, 15) is 13.2 Å². The molecule has 0 spiro atoms. The highest BCUT2D eigenvalue weighted by molar-refractivity contribution is 7.91. The van der Waals surface area contributed by atoms with Crippen molar-refractivity contribution < 1.29 is 22.4 Å². The third-order valence-corrected chi connectivity index (χ3v) is 8.09. The topological polar surface area (TPSA) is 115 Å². The third kappa shape index (κ3) is 4.09. The summed E-state index contributed by atoms with van der Waals surface area (Å²) in [6, 6.07) is 9.34. The van der Waals surface area contributed by atoms with Gasteiger partial charge in [0.2, 0.25) is 11.8 Å². The van der Waals surface area contributed by atoms with Crippen LogP contribution in [0.4, 0.5) is 6.01 Å². The van der Waals surface area contributed by atoms with E-state index in [-0.39, 0.29) is 16.1 Å². The van der Waals surface area contributed by atoms with Gasteiger partial charge in [0.05, 0.1) is 7.11 Å². The van der Waals surface area contributed by atoms with Crippen molar-refractivity contribution in [1.29, 1.82) is 0 Å². The Morgan fingerprint density at radius 1 is 1.23 bits per heavy atom. The van der Waals surface area contributed by atoms with Gasteiger partial charge in [-0.2, -0.15) is 4.31 Å². The number of nitrogens with zero attached hydrogens (tertiary/aromatic N) is 3. The number of methoxy groups -OCH3 is 1. The molecule has 2 aromatic heterocycles. The minimum absolute atomic E-state index is 0.0788. The molecule has 158 valence electrons. The number of carbonyl (C=O) groups is 1. The second-order valence-corrected chi connectivity index (χ2v) is 9.75. The van der Waals surface area contributed by atoms with Crippen molar-refractivity contribution in [2.75, 3.05) is 19.0 Å². The highest BCUT2D eigenvalue weighted by Gasteiger charge is 2.38. The smallest absolute Gasteiger partial charge is 0.322 e. The van der Waals surface area contributed by atoms with Gasteiger partial charge in [-0.05, 0) is 48.6 Å². The number of benzene rings is 1. The Morgan fingerprint density at radius 2 is 2.03 bits per heavy atom. The maximum absolute atomic E-state index is 13.0. The number of ether oxygens (including phenoxy) is 1. The first-order valence-electron chi connectivity index (χ1n) is 9.33. The zero-order valence-electron chi connectivity index (χ0n) is 16.1. The van der Waals surface area contributed by atoms with Crippen LogP contribution in [-0.2, 0) is 14.8 Å². The Hall–Kier alpha value is -2.76. The van der Waals surface area contributed by atoms with Gasteiger partial charge >= 0.3 is 6.01 Å². The Morgan fingerprint density at radius 3 is 2.73 bits per heavy atom. The lowest BCUT2D eigenvalue weighted by atomic mass is 10.0. The predicted molar refractivity (Wildman–Crippen MR) is 111 cm³/mol. The lowest BCUT2D eigenvalue weighted by Gasteiger charge is -2.32. The van der Waals surface area contributed by atoms with Crippen LogP contribution in [0.15, 0.2) is 50.4 Å². The minimum Gasteiger partial charge on any atom is -0.497 e. The van der Waals surface area contributed by atoms with E-state index in [1.807, 2.05) is 0 Å². The molecule has 11 heteroatoms. The van der Waals surface area contributed by atoms with Gasteiger partial charge in [-0.1, -0.05) is 17.6 Å². The van der Waals surface area contributed by atoms with E-state index in [1.165, 1.54) is 4.31 Å². The summed E-state index contributed by atoms with van der Waals surface area (Å²) in [7, 11) is -2.17. The Kier molecular flexibility index (Phi) is 5.84. The van der Waals surface area contributed by atoms with Gasteiger partial charge in [-0.3, -0.25) is 10.1 Å². The summed E-state index contributed by atoms with van der Waals surface area (Å²) in [5.41, 5.74) is 0.670. The van der Waals surface area contributed by atoms with Crippen molar-refractivity contribution in [2.24, 2.45) is 0 Å². The molecule has 1 aromatic carbocycles. The molecule has 0 radical (unpaired) electrons. The molecule has 0 aliphatic carbocycles. The first kappa shape index (κ1) is 20.5. The van der Waals surface area contributed by atoms with Gasteiger partial charge in [0.1, 0.15) is 16.0 Å². The fraction of sp³-hybridized carbons (Fsp3) is 0.316. The molecule has 1 aliphatic rings. The van der Waals surface area contributed by atoms with Crippen LogP contribution in [0, 0.1) is 0 Å². The average molecular weight is 449 g/mol. The number of carbonyl (C=O) groups excluding carboxylic acids is 1. The van der Waals surface area contributed by atoms with E-state index in [0.717, 1.165) is 17.8 Å². The molecule has 9 nitrogen and oxygen atoms in total. The van der Waals surface area contributed by atoms with Crippen molar-refractivity contribution in [1.82, 2.24) is 14.5 Å². The summed E-state index contributed by atoms with van der Waals surface area (Å²) < 4.78 is 38.0. The van der Waals surface area contributed by atoms with Crippen LogP contribution >= 0.6 is 11.3 Å². The van der Waals surface area contributed by atoms with E-state index in [2.05, 4.69) is 15.5 Å². The number of hydrogen-bond acceptors (Lipinski definition) is 8. The molecule has 1 N–H and O–H groups in total. The molecular formula is C19H20N4O5S2. The van der Waals surface area contributed by atoms with Gasteiger partial charge < -0.3 is 9.15 Å². The van der Waals surface area contributed by atoms with Crippen LogP contribution in [0.25, 0.3) is 11.5 Å². The van der Waals surface area contributed by atoms with Crippen molar-refractivity contribution >= 4 is 33.3 Å².